The largest absolute Gasteiger partial charge is 0.396 e. The summed E-state index contributed by atoms with van der Waals surface area (Å²) in [5, 5.41) is 13.7. The second-order valence-corrected chi connectivity index (χ2v) is 15.1. The molecular weight excluding hydrogens is 438 g/mol. The van der Waals surface area contributed by atoms with Gasteiger partial charge in [-0.25, -0.2) is 0 Å². The fourth-order valence-electron chi connectivity index (χ4n) is 12.2. The second kappa shape index (κ2) is 8.97. The molecule has 202 valence electrons. The van der Waals surface area contributed by atoms with E-state index in [1.807, 2.05) is 0 Å². The van der Waals surface area contributed by atoms with Gasteiger partial charge in [-0.3, -0.25) is 0 Å². The Morgan fingerprint density at radius 2 is 1.72 bits per heavy atom. The molecule has 0 heterocycles. The van der Waals surface area contributed by atoms with Crippen LogP contribution in [0.25, 0.3) is 0 Å². The Hall–Kier alpha value is -0.600. The third kappa shape index (κ3) is 3.41. The zero-order valence-corrected chi connectivity index (χ0v) is 24.2. The standard InChI is InChI=1S/C34H55NO/c1-6-35-34-17-7-8-29(34)28-13-14-30-31(3)18-15-26(25-11-9-24(22-36)10-12-25)23(2)27(31)16-19-33(30,5)32(28,4)20-21-34/h11,15,23-24,27-30,35-36H,6-10,12-14,16-22H2,1-5H3/t23?,24?,27?,28?,29?,30?,31?,32-,33?,34?/m1/s1. The smallest absolute Gasteiger partial charge is 0.0462 e. The molecule has 0 saturated heterocycles. The van der Waals surface area contributed by atoms with E-state index in [-0.39, 0.29) is 0 Å². The van der Waals surface area contributed by atoms with Crippen LogP contribution in [0.5, 0.6) is 0 Å². The minimum atomic E-state index is 0.357. The first-order valence-electron chi connectivity index (χ1n) is 16.0. The van der Waals surface area contributed by atoms with Gasteiger partial charge in [0.1, 0.15) is 0 Å². The highest BCUT2D eigenvalue weighted by atomic mass is 16.3. The summed E-state index contributed by atoms with van der Waals surface area (Å²) in [7, 11) is 0. The van der Waals surface area contributed by atoms with Crippen LogP contribution in [0.15, 0.2) is 23.3 Å². The Morgan fingerprint density at radius 1 is 0.889 bits per heavy atom. The molecule has 6 rings (SSSR count). The molecule has 0 bridgehead atoms. The molecule has 0 aromatic heterocycles. The third-order valence-corrected chi connectivity index (χ3v) is 14.2. The fraction of sp³-hybridized carbons (Fsp3) is 0.882. The molecule has 2 heteroatoms. The number of fused-ring (bicyclic) bond motifs is 7. The van der Waals surface area contributed by atoms with Crippen LogP contribution < -0.4 is 5.32 Å². The normalized spacial score (nSPS) is 52.4. The molecule has 0 amide bonds. The quantitative estimate of drug-likeness (QED) is 0.415. The average molecular weight is 494 g/mol. The van der Waals surface area contributed by atoms with Crippen LogP contribution in [0.2, 0.25) is 0 Å². The predicted octanol–water partition coefficient (Wildman–Crippen LogP) is 8.07. The van der Waals surface area contributed by atoms with Gasteiger partial charge in [0.15, 0.2) is 0 Å². The molecule has 6 aliphatic carbocycles. The summed E-state index contributed by atoms with van der Waals surface area (Å²) in [6.45, 7) is 14.7. The van der Waals surface area contributed by atoms with E-state index in [1.54, 1.807) is 11.1 Å². The van der Waals surface area contributed by atoms with Gasteiger partial charge in [-0.2, -0.15) is 0 Å². The van der Waals surface area contributed by atoms with Gasteiger partial charge in [0.25, 0.3) is 0 Å². The Labute approximate surface area is 222 Å². The molecular formula is C34H55NO. The molecule has 10 atom stereocenters. The number of allylic oxidation sites excluding steroid dienone is 4. The van der Waals surface area contributed by atoms with Crippen molar-refractivity contribution < 1.29 is 5.11 Å². The third-order valence-electron chi connectivity index (χ3n) is 14.2. The van der Waals surface area contributed by atoms with Gasteiger partial charge in [0, 0.05) is 12.1 Å². The van der Waals surface area contributed by atoms with Crippen molar-refractivity contribution in [3.05, 3.63) is 23.3 Å². The van der Waals surface area contributed by atoms with Crippen LogP contribution >= 0.6 is 0 Å². The minimum Gasteiger partial charge on any atom is -0.396 e. The van der Waals surface area contributed by atoms with Crippen LogP contribution in [0.1, 0.15) is 118 Å². The zero-order chi connectivity index (χ0) is 25.3. The topological polar surface area (TPSA) is 32.3 Å². The number of nitrogens with one attached hydrogen (secondary N) is 1. The van der Waals surface area contributed by atoms with Crippen LogP contribution in [0.3, 0.4) is 0 Å². The van der Waals surface area contributed by atoms with E-state index < -0.39 is 0 Å². The number of hydrogen-bond donors (Lipinski definition) is 2. The van der Waals surface area contributed by atoms with E-state index in [1.165, 1.54) is 77.0 Å². The minimum absolute atomic E-state index is 0.357. The summed E-state index contributed by atoms with van der Waals surface area (Å²) in [5.74, 6) is 4.73. The molecule has 4 saturated carbocycles. The van der Waals surface area contributed by atoms with E-state index in [0.29, 0.717) is 40.2 Å². The highest BCUT2D eigenvalue weighted by Gasteiger charge is 2.68. The molecule has 9 unspecified atom stereocenters. The molecule has 4 fully saturated rings. The van der Waals surface area contributed by atoms with Crippen molar-refractivity contribution >= 4 is 0 Å². The molecule has 6 aliphatic rings. The lowest BCUT2D eigenvalue weighted by atomic mass is 9.34. The molecule has 0 radical (unpaired) electrons. The maximum Gasteiger partial charge on any atom is 0.0462 e. The first-order valence-corrected chi connectivity index (χ1v) is 16.0. The lowest BCUT2D eigenvalue weighted by Gasteiger charge is -2.71. The Balaban J connectivity index is 1.29. The summed E-state index contributed by atoms with van der Waals surface area (Å²) in [6.07, 6.45) is 23.0. The predicted molar refractivity (Wildman–Crippen MR) is 151 cm³/mol. The van der Waals surface area contributed by atoms with E-state index >= 15 is 0 Å². The summed E-state index contributed by atoms with van der Waals surface area (Å²) in [5.41, 5.74) is 5.24. The molecule has 0 spiro atoms. The van der Waals surface area contributed by atoms with Crippen LogP contribution in [-0.4, -0.2) is 23.8 Å². The zero-order valence-electron chi connectivity index (χ0n) is 24.2. The van der Waals surface area contributed by atoms with Crippen molar-refractivity contribution in [1.29, 1.82) is 0 Å². The molecule has 0 aromatic carbocycles. The number of aliphatic hydroxyl groups is 1. The average Bonchev–Trinajstić information content (AvgIpc) is 3.29. The van der Waals surface area contributed by atoms with Crippen LogP contribution in [0, 0.1) is 51.8 Å². The van der Waals surface area contributed by atoms with E-state index in [9.17, 15) is 5.11 Å². The van der Waals surface area contributed by atoms with Gasteiger partial charge >= 0.3 is 0 Å². The summed E-state index contributed by atoms with van der Waals surface area (Å²) >= 11 is 0. The summed E-state index contributed by atoms with van der Waals surface area (Å²) < 4.78 is 0. The van der Waals surface area contributed by atoms with Crippen molar-refractivity contribution in [2.75, 3.05) is 13.2 Å². The number of rotatable bonds is 4. The fourth-order valence-corrected chi connectivity index (χ4v) is 12.2. The van der Waals surface area contributed by atoms with Crippen molar-refractivity contribution in [2.45, 2.75) is 124 Å². The highest BCUT2D eigenvalue weighted by Crippen LogP contribution is 2.75. The van der Waals surface area contributed by atoms with E-state index in [4.69, 9.17) is 0 Å². The molecule has 0 aliphatic heterocycles. The van der Waals surface area contributed by atoms with Crippen molar-refractivity contribution in [3.8, 4) is 0 Å². The summed E-state index contributed by atoms with van der Waals surface area (Å²) in [4.78, 5) is 0. The van der Waals surface area contributed by atoms with Gasteiger partial charge in [0.05, 0.1) is 0 Å². The second-order valence-electron chi connectivity index (χ2n) is 15.1. The van der Waals surface area contributed by atoms with Gasteiger partial charge in [-0.1, -0.05) is 53.2 Å². The first-order chi connectivity index (χ1) is 17.2. The lowest BCUT2D eigenvalue weighted by molar-refractivity contribution is -0.212. The van der Waals surface area contributed by atoms with Gasteiger partial charge < -0.3 is 10.4 Å². The van der Waals surface area contributed by atoms with Crippen molar-refractivity contribution in [2.24, 2.45) is 51.8 Å². The number of hydrogen-bond acceptors (Lipinski definition) is 2. The summed E-state index contributed by atoms with van der Waals surface area (Å²) in [6, 6.07) is 0. The van der Waals surface area contributed by atoms with Crippen molar-refractivity contribution in [1.82, 2.24) is 5.32 Å². The van der Waals surface area contributed by atoms with Gasteiger partial charge in [-0.15, -0.1) is 0 Å². The SMILES string of the molecule is CCNC12CCCC1C1CCC3C4(C)CC=C(C5=CCC(CO)CC5)C(C)C4CCC3(C)[C@]1(C)CC2. The highest BCUT2D eigenvalue weighted by molar-refractivity contribution is 5.38. The Morgan fingerprint density at radius 3 is 2.44 bits per heavy atom. The molecule has 2 nitrogen and oxygen atoms in total. The van der Waals surface area contributed by atoms with Gasteiger partial charge in [-0.05, 0) is 146 Å². The maximum atomic E-state index is 9.61. The monoisotopic (exact) mass is 493 g/mol. The maximum absolute atomic E-state index is 9.61. The first kappa shape index (κ1) is 25.7. The van der Waals surface area contributed by atoms with Crippen molar-refractivity contribution in [3.63, 3.8) is 0 Å². The molecule has 2 N–H and O–H groups in total. The molecule has 0 aromatic rings. The van der Waals surface area contributed by atoms with Crippen LogP contribution in [-0.2, 0) is 0 Å². The Kier molecular flexibility index (Phi) is 6.40. The van der Waals surface area contributed by atoms with Crippen LogP contribution in [0.4, 0.5) is 0 Å². The van der Waals surface area contributed by atoms with Gasteiger partial charge in [0.2, 0.25) is 0 Å². The number of aliphatic hydroxyl groups excluding tert-OH is 1. The van der Waals surface area contributed by atoms with E-state index in [2.05, 4.69) is 52.1 Å². The van der Waals surface area contributed by atoms with E-state index in [0.717, 1.165) is 36.6 Å². The molecule has 36 heavy (non-hydrogen) atoms. The lowest BCUT2D eigenvalue weighted by Crippen LogP contribution is -2.66. The Bertz CT molecular complexity index is 920.